The highest BCUT2D eigenvalue weighted by Crippen LogP contribution is 2.37. The smallest absolute Gasteiger partial charge is 0.412 e. The van der Waals surface area contributed by atoms with E-state index >= 15 is 0 Å². The number of hydrogen-bond acceptors (Lipinski definition) is 7. The number of esters is 1. The van der Waals surface area contributed by atoms with Gasteiger partial charge in [0.25, 0.3) is 5.89 Å². The Morgan fingerprint density at radius 2 is 1.66 bits per heavy atom. The van der Waals surface area contributed by atoms with Crippen LogP contribution in [0.2, 0.25) is 0 Å². The Bertz CT molecular complexity index is 1200. The van der Waals surface area contributed by atoms with Crippen LogP contribution < -0.4 is 5.32 Å². The van der Waals surface area contributed by atoms with Gasteiger partial charge in [0, 0.05) is 36.9 Å². The molecule has 6 rings (SSSR count). The molecule has 0 saturated carbocycles. The van der Waals surface area contributed by atoms with Crippen molar-refractivity contribution in [2.75, 3.05) is 25.0 Å². The Labute approximate surface area is 223 Å². The summed E-state index contributed by atoms with van der Waals surface area (Å²) >= 11 is 0. The van der Waals surface area contributed by atoms with Crippen molar-refractivity contribution >= 4 is 17.7 Å². The van der Waals surface area contributed by atoms with Crippen LogP contribution in [-0.4, -0.2) is 58.0 Å². The first kappa shape index (κ1) is 27.3. The molecule has 0 spiro atoms. The summed E-state index contributed by atoms with van der Waals surface area (Å²) in [6.45, 7) is 10.8. The van der Waals surface area contributed by atoms with E-state index < -0.39 is 11.7 Å². The van der Waals surface area contributed by atoms with Gasteiger partial charge >= 0.3 is 12.1 Å². The van der Waals surface area contributed by atoms with Crippen molar-refractivity contribution in [2.45, 2.75) is 58.8 Å². The number of nitrogens with one attached hydrogen (secondary N) is 1. The first-order valence-corrected chi connectivity index (χ1v) is 13.1. The number of fused-ring (bicyclic) bond motifs is 3. The van der Waals surface area contributed by atoms with Crippen molar-refractivity contribution in [3.05, 3.63) is 66.5 Å². The lowest BCUT2D eigenvalue weighted by Gasteiger charge is -2.51. The normalized spacial score (nSPS) is 22.1. The lowest BCUT2D eigenvalue weighted by Crippen LogP contribution is -2.63. The number of anilines is 1. The highest BCUT2D eigenvalue weighted by atomic mass is 16.6. The van der Waals surface area contributed by atoms with Crippen LogP contribution in [0.4, 0.5) is 10.5 Å². The molecular weight excluding hydrogens is 484 g/mol. The topological polar surface area (TPSA) is 104 Å². The maximum atomic E-state index is 11.3. The number of aromatic nitrogens is 2. The monoisotopic (exact) mass is 521 g/mol. The van der Waals surface area contributed by atoms with E-state index in [2.05, 4.69) is 15.5 Å². The van der Waals surface area contributed by atoms with Crippen LogP contribution >= 0.6 is 0 Å². The molecule has 1 aromatic heterocycles. The van der Waals surface area contributed by atoms with Gasteiger partial charge in [-0.15, -0.1) is 0 Å². The minimum Gasteiger partial charge on any atom is -0.456 e. The Kier molecular flexibility index (Phi) is 8.46. The summed E-state index contributed by atoms with van der Waals surface area (Å²) in [6.07, 6.45) is 1.80. The van der Waals surface area contributed by atoms with Gasteiger partial charge in [0.05, 0.1) is 13.1 Å². The summed E-state index contributed by atoms with van der Waals surface area (Å²) in [4.78, 5) is 27.2. The number of para-hydroxylation sites is 1. The SMILES string of the molecule is CC(=O)O[C@H]1C[N+]2(Cc3noc(-c4ccccc4)n3)CCC1CC2.CC(C)(C)OC(=O)Nc1ccccc1. The summed E-state index contributed by atoms with van der Waals surface area (Å²) < 4.78 is 17.0. The molecule has 3 aliphatic rings. The van der Waals surface area contributed by atoms with E-state index in [0.717, 1.165) is 60.6 Å². The molecule has 3 saturated heterocycles. The zero-order chi connectivity index (χ0) is 27.2. The third kappa shape index (κ3) is 7.64. The molecule has 2 bridgehead atoms. The molecule has 0 radical (unpaired) electrons. The minimum atomic E-state index is -0.459. The molecule has 38 heavy (non-hydrogen) atoms. The van der Waals surface area contributed by atoms with Crippen molar-refractivity contribution < 1.29 is 28.1 Å². The maximum absolute atomic E-state index is 11.3. The molecule has 3 aromatic rings. The van der Waals surface area contributed by atoms with Crippen molar-refractivity contribution in [1.29, 1.82) is 0 Å². The number of rotatable bonds is 5. The Hall–Kier alpha value is -3.72. The second-order valence-electron chi connectivity index (χ2n) is 11.0. The second kappa shape index (κ2) is 11.8. The van der Waals surface area contributed by atoms with Crippen molar-refractivity contribution in [3.8, 4) is 11.5 Å². The van der Waals surface area contributed by atoms with Crippen LogP contribution in [0.5, 0.6) is 0 Å². The number of quaternary nitrogens is 1. The molecule has 1 amide bonds. The van der Waals surface area contributed by atoms with Crippen LogP contribution in [0, 0.1) is 5.92 Å². The molecule has 1 N–H and O–H groups in total. The average Bonchev–Trinajstić information content (AvgIpc) is 3.32. The van der Waals surface area contributed by atoms with Crippen LogP contribution in [0.25, 0.3) is 11.5 Å². The fraction of sp³-hybridized carbons (Fsp3) is 0.448. The summed E-state index contributed by atoms with van der Waals surface area (Å²) in [7, 11) is 0. The van der Waals surface area contributed by atoms with Crippen molar-refractivity contribution in [2.24, 2.45) is 5.92 Å². The summed E-state index contributed by atoms with van der Waals surface area (Å²) in [5.74, 6) is 1.62. The van der Waals surface area contributed by atoms with Gasteiger partial charge < -0.3 is 18.5 Å². The number of carbonyl (C=O) groups is 2. The van der Waals surface area contributed by atoms with Gasteiger partial charge in [0.1, 0.15) is 18.7 Å². The van der Waals surface area contributed by atoms with E-state index in [1.54, 1.807) is 0 Å². The molecule has 4 heterocycles. The van der Waals surface area contributed by atoms with E-state index in [1.807, 2.05) is 81.4 Å². The van der Waals surface area contributed by atoms with Crippen LogP contribution in [0.15, 0.2) is 65.2 Å². The maximum Gasteiger partial charge on any atom is 0.412 e. The summed E-state index contributed by atoms with van der Waals surface area (Å²) in [6, 6.07) is 19.0. The van der Waals surface area contributed by atoms with Gasteiger partial charge in [-0.05, 0) is 45.0 Å². The zero-order valence-electron chi connectivity index (χ0n) is 22.6. The summed E-state index contributed by atoms with van der Waals surface area (Å²) in [5.41, 5.74) is 1.21. The van der Waals surface area contributed by atoms with Gasteiger partial charge in [-0.25, -0.2) is 4.79 Å². The number of piperidine rings is 3. The first-order valence-electron chi connectivity index (χ1n) is 13.1. The van der Waals surface area contributed by atoms with Crippen molar-refractivity contribution in [1.82, 2.24) is 10.1 Å². The quantitative estimate of drug-likeness (QED) is 0.352. The molecule has 0 unspecified atom stereocenters. The first-order chi connectivity index (χ1) is 18.1. The van der Waals surface area contributed by atoms with Gasteiger partial charge in [0.2, 0.25) is 5.82 Å². The standard InChI is InChI=1S/C18H22N3O3.C11H15NO2/c1-13(22)23-16-11-21(9-7-14(16)8-10-21)12-17-19-18(24-20-17)15-5-3-2-4-6-15;1-11(2,3)14-10(13)12-9-7-5-4-6-8-9/h2-6,14,16H,7-12H2,1H3;4-8H,1-3H3,(H,12,13)/q+1;/t14?,16-,21?;/m0./s1. The highest BCUT2D eigenvalue weighted by molar-refractivity contribution is 5.84. The molecule has 202 valence electrons. The van der Waals surface area contributed by atoms with Crippen molar-refractivity contribution in [3.63, 3.8) is 0 Å². The Morgan fingerprint density at radius 1 is 1.03 bits per heavy atom. The molecular formula is C29H37N4O5+. The fourth-order valence-corrected chi connectivity index (χ4v) is 5.05. The predicted molar refractivity (Wildman–Crippen MR) is 143 cm³/mol. The number of carbonyl (C=O) groups excluding carboxylic acids is 2. The molecule has 9 nitrogen and oxygen atoms in total. The molecule has 3 fully saturated rings. The minimum absolute atomic E-state index is 0.0329. The van der Waals surface area contributed by atoms with E-state index in [0.29, 0.717) is 11.8 Å². The number of hydrogen-bond donors (Lipinski definition) is 1. The van der Waals surface area contributed by atoms with Crippen LogP contribution in [0.1, 0.15) is 46.4 Å². The third-order valence-corrected chi connectivity index (χ3v) is 6.74. The molecule has 0 aliphatic carbocycles. The molecule has 3 aliphatic heterocycles. The predicted octanol–water partition coefficient (Wildman–Crippen LogP) is 5.44. The number of nitrogens with zero attached hydrogens (tertiary/aromatic N) is 3. The lowest BCUT2D eigenvalue weighted by atomic mass is 9.83. The van der Waals surface area contributed by atoms with Gasteiger partial charge in [-0.2, -0.15) is 4.98 Å². The summed E-state index contributed by atoms with van der Waals surface area (Å²) in [5, 5.41) is 6.81. The van der Waals surface area contributed by atoms with Gasteiger partial charge in [-0.1, -0.05) is 41.6 Å². The van der Waals surface area contributed by atoms with E-state index in [9.17, 15) is 9.59 Å². The molecule has 2 aromatic carbocycles. The van der Waals surface area contributed by atoms with E-state index in [4.69, 9.17) is 14.0 Å². The number of ether oxygens (including phenoxy) is 2. The highest BCUT2D eigenvalue weighted by Gasteiger charge is 2.48. The van der Waals surface area contributed by atoms with Gasteiger partial charge in [0.15, 0.2) is 6.10 Å². The molecule has 1 atom stereocenters. The fourth-order valence-electron chi connectivity index (χ4n) is 5.05. The van der Waals surface area contributed by atoms with E-state index in [-0.39, 0.29) is 12.1 Å². The Balaban J connectivity index is 0.000000206. The largest absolute Gasteiger partial charge is 0.456 e. The van der Waals surface area contributed by atoms with Crippen LogP contribution in [-0.2, 0) is 20.8 Å². The van der Waals surface area contributed by atoms with Gasteiger partial charge in [-0.3, -0.25) is 10.1 Å². The number of benzene rings is 2. The zero-order valence-corrected chi connectivity index (χ0v) is 22.6. The Morgan fingerprint density at radius 3 is 2.26 bits per heavy atom. The molecule has 9 heteroatoms. The van der Waals surface area contributed by atoms with E-state index in [1.165, 1.54) is 6.92 Å². The second-order valence-corrected chi connectivity index (χ2v) is 11.0. The number of amides is 1. The average molecular weight is 522 g/mol. The third-order valence-electron chi connectivity index (χ3n) is 6.74. The lowest BCUT2D eigenvalue weighted by molar-refractivity contribution is -0.958. The van der Waals surface area contributed by atoms with Crippen LogP contribution in [0.3, 0.4) is 0 Å².